The molecule has 0 aromatic heterocycles. The Balaban J connectivity index is 1.86. The van der Waals surface area contributed by atoms with Crippen LogP contribution in [0.4, 0.5) is 5.69 Å². The molecular weight excluding hydrogens is 358 g/mol. The Morgan fingerprint density at radius 2 is 1.68 bits per heavy atom. The number of esters is 1. The van der Waals surface area contributed by atoms with Crippen molar-refractivity contribution >= 4 is 29.4 Å². The zero-order chi connectivity index (χ0) is 20.5. The highest BCUT2D eigenvalue weighted by molar-refractivity contribution is 5.98. The molecule has 1 amide bonds. The van der Waals surface area contributed by atoms with E-state index in [1.807, 2.05) is 31.2 Å². The van der Waals surface area contributed by atoms with Crippen LogP contribution in [0, 0.1) is 0 Å². The number of anilines is 1. The van der Waals surface area contributed by atoms with E-state index in [0.717, 1.165) is 11.3 Å². The van der Waals surface area contributed by atoms with Crippen LogP contribution in [0.5, 0.6) is 5.75 Å². The Bertz CT molecular complexity index is 854. The van der Waals surface area contributed by atoms with E-state index in [0.29, 0.717) is 17.9 Å². The Hall–Kier alpha value is -3.41. The molecule has 2 aromatic carbocycles. The van der Waals surface area contributed by atoms with Crippen LogP contribution >= 0.6 is 0 Å². The smallest absolute Gasteiger partial charge is 0.331 e. The van der Waals surface area contributed by atoms with Gasteiger partial charge in [-0.1, -0.05) is 12.1 Å². The quantitative estimate of drug-likeness (QED) is 0.426. The minimum absolute atomic E-state index is 0.0560. The van der Waals surface area contributed by atoms with Crippen molar-refractivity contribution in [3.63, 3.8) is 0 Å². The van der Waals surface area contributed by atoms with Crippen LogP contribution in [-0.2, 0) is 14.3 Å². The second-order valence-electron chi connectivity index (χ2n) is 6.04. The van der Waals surface area contributed by atoms with Gasteiger partial charge in [0.1, 0.15) is 5.75 Å². The summed E-state index contributed by atoms with van der Waals surface area (Å²) in [4.78, 5) is 35.3. The van der Waals surface area contributed by atoms with Crippen molar-refractivity contribution in [1.82, 2.24) is 0 Å². The van der Waals surface area contributed by atoms with Crippen molar-refractivity contribution < 1.29 is 23.9 Å². The van der Waals surface area contributed by atoms with Gasteiger partial charge in [0.05, 0.1) is 6.61 Å². The average molecular weight is 381 g/mol. The van der Waals surface area contributed by atoms with E-state index in [9.17, 15) is 14.4 Å². The summed E-state index contributed by atoms with van der Waals surface area (Å²) in [6.07, 6.45) is 1.90. The zero-order valence-corrected chi connectivity index (χ0v) is 16.1. The fourth-order valence-corrected chi connectivity index (χ4v) is 2.31. The minimum atomic E-state index is -0.968. The van der Waals surface area contributed by atoms with Gasteiger partial charge in [-0.25, -0.2) is 4.79 Å². The standard InChI is InChI=1S/C22H23NO5/c1-4-27-20-12-5-17(6-13-20)7-14-21(25)28-16(3)22(26)23-19-10-8-18(9-11-19)15(2)24/h5-14,16H,4H2,1-3H3,(H,23,26)/b14-7+/t16-/m0/s1. The van der Waals surface area contributed by atoms with Gasteiger partial charge in [0.25, 0.3) is 5.91 Å². The first kappa shape index (κ1) is 20.9. The molecule has 0 heterocycles. The van der Waals surface area contributed by atoms with Crippen molar-refractivity contribution in [2.45, 2.75) is 26.9 Å². The Morgan fingerprint density at radius 3 is 2.25 bits per heavy atom. The number of carbonyl (C=O) groups excluding carboxylic acids is 3. The van der Waals surface area contributed by atoms with E-state index in [1.165, 1.54) is 19.9 Å². The van der Waals surface area contributed by atoms with Gasteiger partial charge in [-0.2, -0.15) is 0 Å². The molecule has 0 saturated heterocycles. The van der Waals surface area contributed by atoms with Gasteiger partial charge < -0.3 is 14.8 Å². The summed E-state index contributed by atoms with van der Waals surface area (Å²) in [7, 11) is 0. The molecule has 0 fully saturated rings. The number of ketones is 1. The summed E-state index contributed by atoms with van der Waals surface area (Å²) < 4.78 is 10.5. The Morgan fingerprint density at radius 1 is 1.04 bits per heavy atom. The molecule has 6 nitrogen and oxygen atoms in total. The molecule has 1 atom stereocenters. The molecular formula is C22H23NO5. The monoisotopic (exact) mass is 381 g/mol. The number of ether oxygens (including phenoxy) is 2. The van der Waals surface area contributed by atoms with Crippen molar-refractivity contribution in [2.75, 3.05) is 11.9 Å². The predicted molar refractivity (Wildman–Crippen MR) is 107 cm³/mol. The number of nitrogens with one attached hydrogen (secondary N) is 1. The largest absolute Gasteiger partial charge is 0.494 e. The van der Waals surface area contributed by atoms with Crippen LogP contribution < -0.4 is 10.1 Å². The fourth-order valence-electron chi connectivity index (χ4n) is 2.31. The number of benzene rings is 2. The molecule has 28 heavy (non-hydrogen) atoms. The van der Waals surface area contributed by atoms with Crippen LogP contribution in [0.1, 0.15) is 36.7 Å². The maximum atomic E-state index is 12.1. The number of hydrogen-bond acceptors (Lipinski definition) is 5. The van der Waals surface area contributed by atoms with Crippen molar-refractivity contribution in [3.8, 4) is 5.75 Å². The molecule has 2 rings (SSSR count). The van der Waals surface area contributed by atoms with Gasteiger partial charge in [0.2, 0.25) is 0 Å². The highest BCUT2D eigenvalue weighted by atomic mass is 16.5. The summed E-state index contributed by atoms with van der Waals surface area (Å²) in [5.74, 6) is -0.384. The van der Waals surface area contributed by atoms with E-state index in [1.54, 1.807) is 30.3 Å². The Kier molecular flexibility index (Phi) is 7.51. The fraction of sp³-hybridized carbons (Fsp3) is 0.227. The lowest BCUT2D eigenvalue weighted by molar-refractivity contribution is -0.148. The number of hydrogen-bond donors (Lipinski definition) is 1. The predicted octanol–water partition coefficient (Wildman–Crippen LogP) is 3.87. The second-order valence-corrected chi connectivity index (χ2v) is 6.04. The first-order valence-electron chi connectivity index (χ1n) is 8.92. The number of amides is 1. The van der Waals surface area contributed by atoms with Crippen LogP contribution in [0.15, 0.2) is 54.6 Å². The third-order valence-corrected chi connectivity index (χ3v) is 3.82. The van der Waals surface area contributed by atoms with Crippen LogP contribution in [0.2, 0.25) is 0 Å². The molecule has 0 aliphatic carbocycles. The number of rotatable bonds is 8. The van der Waals surface area contributed by atoms with Crippen LogP contribution in [-0.4, -0.2) is 30.4 Å². The van der Waals surface area contributed by atoms with E-state index < -0.39 is 18.0 Å². The Labute approximate surface area is 164 Å². The topological polar surface area (TPSA) is 81.7 Å². The van der Waals surface area contributed by atoms with Gasteiger partial charge in [0, 0.05) is 17.3 Å². The molecule has 0 bridgehead atoms. The van der Waals surface area contributed by atoms with Crippen LogP contribution in [0.3, 0.4) is 0 Å². The molecule has 146 valence electrons. The summed E-state index contributed by atoms with van der Waals surface area (Å²) in [6, 6.07) is 13.7. The lowest BCUT2D eigenvalue weighted by Gasteiger charge is -2.12. The highest BCUT2D eigenvalue weighted by Gasteiger charge is 2.16. The van der Waals surface area contributed by atoms with Gasteiger partial charge in [-0.05, 0) is 68.8 Å². The summed E-state index contributed by atoms with van der Waals surface area (Å²) >= 11 is 0. The summed E-state index contributed by atoms with van der Waals surface area (Å²) in [5, 5.41) is 2.64. The van der Waals surface area contributed by atoms with E-state index in [2.05, 4.69) is 5.32 Å². The van der Waals surface area contributed by atoms with Gasteiger partial charge >= 0.3 is 5.97 Å². The van der Waals surface area contributed by atoms with Gasteiger partial charge in [-0.15, -0.1) is 0 Å². The second kappa shape index (κ2) is 10.1. The number of Topliss-reactive ketones (excluding diaryl/α,β-unsaturated/α-hetero) is 1. The summed E-state index contributed by atoms with van der Waals surface area (Å²) in [5.41, 5.74) is 1.88. The van der Waals surface area contributed by atoms with Crippen molar-refractivity contribution in [3.05, 3.63) is 65.7 Å². The molecule has 0 radical (unpaired) electrons. The van der Waals surface area contributed by atoms with Gasteiger partial charge in [0.15, 0.2) is 11.9 Å². The van der Waals surface area contributed by atoms with E-state index in [-0.39, 0.29) is 5.78 Å². The van der Waals surface area contributed by atoms with E-state index in [4.69, 9.17) is 9.47 Å². The third kappa shape index (κ3) is 6.39. The SMILES string of the molecule is CCOc1ccc(/C=C/C(=O)O[C@@H](C)C(=O)Nc2ccc(C(C)=O)cc2)cc1. The molecule has 0 aliphatic rings. The third-order valence-electron chi connectivity index (χ3n) is 3.82. The van der Waals surface area contributed by atoms with Crippen LogP contribution in [0.25, 0.3) is 6.08 Å². The average Bonchev–Trinajstić information content (AvgIpc) is 2.68. The molecule has 1 N–H and O–H groups in total. The lowest BCUT2D eigenvalue weighted by atomic mass is 10.1. The zero-order valence-electron chi connectivity index (χ0n) is 16.1. The normalized spacial score (nSPS) is 11.7. The van der Waals surface area contributed by atoms with Crippen molar-refractivity contribution in [1.29, 1.82) is 0 Å². The minimum Gasteiger partial charge on any atom is -0.494 e. The first-order chi connectivity index (χ1) is 13.4. The molecule has 0 unspecified atom stereocenters. The molecule has 0 aliphatic heterocycles. The molecule has 6 heteroatoms. The lowest BCUT2D eigenvalue weighted by Crippen LogP contribution is -2.29. The molecule has 0 spiro atoms. The first-order valence-corrected chi connectivity index (χ1v) is 8.92. The maximum absolute atomic E-state index is 12.1. The van der Waals surface area contributed by atoms with Gasteiger partial charge in [-0.3, -0.25) is 9.59 Å². The van der Waals surface area contributed by atoms with Crippen molar-refractivity contribution in [2.24, 2.45) is 0 Å². The summed E-state index contributed by atoms with van der Waals surface area (Å²) in [6.45, 7) is 5.45. The maximum Gasteiger partial charge on any atom is 0.331 e. The molecule has 2 aromatic rings. The highest BCUT2D eigenvalue weighted by Crippen LogP contribution is 2.14. The molecule has 0 saturated carbocycles. The van der Waals surface area contributed by atoms with E-state index >= 15 is 0 Å². The number of carbonyl (C=O) groups is 3.